The molecule has 1 aliphatic rings. The van der Waals surface area contributed by atoms with Crippen LogP contribution in [0.2, 0.25) is 0 Å². The highest BCUT2D eigenvalue weighted by Gasteiger charge is 2.40. The Hall–Kier alpha value is -1.55. The minimum Gasteiger partial charge on any atom is -0.337 e. The van der Waals surface area contributed by atoms with Crippen LogP contribution in [0.1, 0.15) is 44.7 Å². The molecule has 1 fully saturated rings. The molecule has 0 heterocycles. The van der Waals surface area contributed by atoms with Crippen molar-refractivity contribution >= 4 is 11.7 Å². The van der Waals surface area contributed by atoms with E-state index in [0.717, 1.165) is 18.7 Å². The van der Waals surface area contributed by atoms with Crippen LogP contribution in [0.15, 0.2) is 24.3 Å². The largest absolute Gasteiger partial charge is 0.337 e. The normalized spacial score (nSPS) is 17.4. The highest BCUT2D eigenvalue weighted by molar-refractivity contribution is 5.89. The molecule has 4 nitrogen and oxygen atoms in total. The first-order chi connectivity index (χ1) is 9.58. The van der Waals surface area contributed by atoms with E-state index in [1.807, 2.05) is 31.3 Å². The Kier molecular flexibility index (Phi) is 4.65. The summed E-state index contributed by atoms with van der Waals surface area (Å²) in [5.74, 6) is 0. The van der Waals surface area contributed by atoms with Gasteiger partial charge in [0.1, 0.15) is 0 Å². The van der Waals surface area contributed by atoms with E-state index in [4.69, 9.17) is 0 Å². The molecule has 3 N–H and O–H groups in total. The lowest BCUT2D eigenvalue weighted by molar-refractivity contribution is 0.249. The second kappa shape index (κ2) is 6.27. The van der Waals surface area contributed by atoms with Crippen molar-refractivity contribution in [3.63, 3.8) is 0 Å². The molecule has 0 spiro atoms. The number of carbonyl (C=O) groups excluding carboxylic acids is 1. The van der Waals surface area contributed by atoms with Gasteiger partial charge in [-0.1, -0.05) is 19.1 Å². The number of hydrogen-bond donors (Lipinski definition) is 3. The monoisotopic (exact) mass is 275 g/mol. The first kappa shape index (κ1) is 14.9. The molecule has 0 radical (unpaired) electrons. The minimum atomic E-state index is -0.112. The summed E-state index contributed by atoms with van der Waals surface area (Å²) in [5, 5.41) is 9.04. The quantitative estimate of drug-likeness (QED) is 0.746. The van der Waals surface area contributed by atoms with Crippen LogP contribution in [0.25, 0.3) is 0 Å². The van der Waals surface area contributed by atoms with Crippen LogP contribution < -0.4 is 16.0 Å². The molecule has 1 atom stereocenters. The van der Waals surface area contributed by atoms with E-state index < -0.39 is 0 Å². The fourth-order valence-corrected chi connectivity index (χ4v) is 2.30. The standard InChI is InChI=1S/C16H25N3O/c1-4-16(9-10-16)11-18-15(20)19-14-7-5-13(6-8-14)12(2)17-3/h5-8,12,17H,4,9-11H2,1-3H3,(H2,18,19,20). The average molecular weight is 275 g/mol. The molecule has 1 aromatic carbocycles. The van der Waals surface area contributed by atoms with Crippen LogP contribution in [0.4, 0.5) is 10.5 Å². The van der Waals surface area contributed by atoms with Gasteiger partial charge in [0.15, 0.2) is 0 Å². The van der Waals surface area contributed by atoms with Crippen LogP contribution in [-0.2, 0) is 0 Å². The van der Waals surface area contributed by atoms with Crippen LogP contribution in [0, 0.1) is 5.41 Å². The van der Waals surface area contributed by atoms with E-state index in [2.05, 4.69) is 29.8 Å². The maximum atomic E-state index is 11.8. The Morgan fingerprint density at radius 1 is 1.30 bits per heavy atom. The van der Waals surface area contributed by atoms with Gasteiger partial charge in [0.05, 0.1) is 0 Å². The van der Waals surface area contributed by atoms with Crippen LogP contribution in [-0.4, -0.2) is 19.6 Å². The molecule has 0 aromatic heterocycles. The van der Waals surface area contributed by atoms with Crippen molar-refractivity contribution in [1.82, 2.24) is 10.6 Å². The summed E-state index contributed by atoms with van der Waals surface area (Å²) in [6.07, 6.45) is 3.62. The molecule has 20 heavy (non-hydrogen) atoms. The van der Waals surface area contributed by atoms with Gasteiger partial charge in [-0.3, -0.25) is 0 Å². The molecular formula is C16H25N3O. The molecule has 1 saturated carbocycles. The third kappa shape index (κ3) is 3.73. The van der Waals surface area contributed by atoms with E-state index in [1.54, 1.807) is 0 Å². The number of amides is 2. The zero-order chi connectivity index (χ0) is 14.6. The fourth-order valence-electron chi connectivity index (χ4n) is 2.30. The van der Waals surface area contributed by atoms with E-state index in [0.29, 0.717) is 11.5 Å². The van der Waals surface area contributed by atoms with Gasteiger partial charge in [0, 0.05) is 18.3 Å². The number of anilines is 1. The van der Waals surface area contributed by atoms with Gasteiger partial charge in [-0.05, 0) is 56.3 Å². The summed E-state index contributed by atoms with van der Waals surface area (Å²) < 4.78 is 0. The third-order valence-electron chi connectivity index (χ3n) is 4.43. The lowest BCUT2D eigenvalue weighted by Gasteiger charge is -2.15. The Morgan fingerprint density at radius 2 is 1.95 bits per heavy atom. The molecule has 1 unspecified atom stereocenters. The number of benzene rings is 1. The highest BCUT2D eigenvalue weighted by Crippen LogP contribution is 2.47. The first-order valence-electron chi connectivity index (χ1n) is 7.41. The Balaban J connectivity index is 1.82. The topological polar surface area (TPSA) is 53.2 Å². The van der Waals surface area contributed by atoms with Gasteiger partial charge in [-0.15, -0.1) is 0 Å². The second-order valence-electron chi connectivity index (χ2n) is 5.79. The van der Waals surface area contributed by atoms with Crippen LogP contribution in [0.3, 0.4) is 0 Å². The number of hydrogen-bond acceptors (Lipinski definition) is 2. The van der Waals surface area contributed by atoms with Gasteiger partial charge in [0.25, 0.3) is 0 Å². The molecule has 4 heteroatoms. The smallest absolute Gasteiger partial charge is 0.319 e. The average Bonchev–Trinajstić information content (AvgIpc) is 3.26. The lowest BCUT2D eigenvalue weighted by Crippen LogP contribution is -2.33. The third-order valence-corrected chi connectivity index (χ3v) is 4.43. The molecule has 0 saturated heterocycles. The maximum Gasteiger partial charge on any atom is 0.319 e. The van der Waals surface area contributed by atoms with Gasteiger partial charge in [-0.2, -0.15) is 0 Å². The molecule has 0 bridgehead atoms. The van der Waals surface area contributed by atoms with E-state index in [1.165, 1.54) is 18.4 Å². The molecule has 2 amide bonds. The van der Waals surface area contributed by atoms with Crippen LogP contribution in [0.5, 0.6) is 0 Å². The first-order valence-corrected chi connectivity index (χ1v) is 7.41. The number of nitrogens with one attached hydrogen (secondary N) is 3. The fraction of sp³-hybridized carbons (Fsp3) is 0.562. The zero-order valence-corrected chi connectivity index (χ0v) is 12.6. The van der Waals surface area contributed by atoms with E-state index in [-0.39, 0.29) is 6.03 Å². The van der Waals surface area contributed by atoms with Crippen molar-refractivity contribution in [3.05, 3.63) is 29.8 Å². The van der Waals surface area contributed by atoms with Crippen molar-refractivity contribution in [2.24, 2.45) is 5.41 Å². The highest BCUT2D eigenvalue weighted by atomic mass is 16.2. The molecule has 2 rings (SSSR count). The Bertz CT molecular complexity index is 451. The van der Waals surface area contributed by atoms with E-state index >= 15 is 0 Å². The van der Waals surface area contributed by atoms with Crippen molar-refractivity contribution in [2.75, 3.05) is 18.9 Å². The molecular weight excluding hydrogens is 250 g/mol. The van der Waals surface area contributed by atoms with Crippen molar-refractivity contribution in [3.8, 4) is 0 Å². The lowest BCUT2D eigenvalue weighted by atomic mass is 10.0. The van der Waals surface area contributed by atoms with Crippen molar-refractivity contribution in [2.45, 2.75) is 39.2 Å². The predicted octanol–water partition coefficient (Wildman–Crippen LogP) is 3.28. The van der Waals surface area contributed by atoms with Gasteiger partial charge in [0.2, 0.25) is 0 Å². The summed E-state index contributed by atoms with van der Waals surface area (Å²) in [4.78, 5) is 11.8. The van der Waals surface area contributed by atoms with E-state index in [9.17, 15) is 4.79 Å². The molecule has 1 aromatic rings. The summed E-state index contributed by atoms with van der Waals surface area (Å²) in [6.45, 7) is 5.08. The SMILES string of the molecule is CCC1(CNC(=O)Nc2ccc(C(C)NC)cc2)CC1. The summed E-state index contributed by atoms with van der Waals surface area (Å²) in [7, 11) is 1.94. The molecule has 0 aliphatic heterocycles. The summed E-state index contributed by atoms with van der Waals surface area (Å²) in [5.41, 5.74) is 2.42. The number of rotatable bonds is 6. The summed E-state index contributed by atoms with van der Waals surface area (Å²) >= 11 is 0. The maximum absolute atomic E-state index is 11.8. The summed E-state index contributed by atoms with van der Waals surface area (Å²) in [6, 6.07) is 8.15. The van der Waals surface area contributed by atoms with Gasteiger partial charge >= 0.3 is 6.03 Å². The second-order valence-corrected chi connectivity index (χ2v) is 5.79. The number of urea groups is 1. The predicted molar refractivity (Wildman–Crippen MR) is 82.9 cm³/mol. The number of carbonyl (C=O) groups is 1. The zero-order valence-electron chi connectivity index (χ0n) is 12.6. The molecule has 110 valence electrons. The van der Waals surface area contributed by atoms with Gasteiger partial charge in [-0.25, -0.2) is 4.79 Å². The van der Waals surface area contributed by atoms with Gasteiger partial charge < -0.3 is 16.0 Å². The van der Waals surface area contributed by atoms with Crippen LogP contribution >= 0.6 is 0 Å². The Morgan fingerprint density at radius 3 is 2.45 bits per heavy atom. The Labute approximate surface area is 121 Å². The van der Waals surface area contributed by atoms with Crippen molar-refractivity contribution < 1.29 is 4.79 Å². The minimum absolute atomic E-state index is 0.112. The molecule has 1 aliphatic carbocycles. The van der Waals surface area contributed by atoms with Crippen molar-refractivity contribution in [1.29, 1.82) is 0 Å².